The molecule has 1 saturated heterocycles. The zero-order valence-corrected chi connectivity index (χ0v) is 17.3. The van der Waals surface area contributed by atoms with Gasteiger partial charge in [0.2, 0.25) is 6.41 Å². The lowest BCUT2D eigenvalue weighted by Gasteiger charge is -2.29. The van der Waals surface area contributed by atoms with Crippen LogP contribution in [0, 0.1) is 11.3 Å². The fourth-order valence-corrected chi connectivity index (χ4v) is 4.38. The third kappa shape index (κ3) is 3.55. The van der Waals surface area contributed by atoms with Crippen LogP contribution in [0.15, 0.2) is 41.2 Å². The van der Waals surface area contributed by atoms with Crippen LogP contribution in [0.2, 0.25) is 5.02 Å². The van der Waals surface area contributed by atoms with Gasteiger partial charge in [0.05, 0.1) is 41.3 Å². The highest BCUT2D eigenvalue weighted by Crippen LogP contribution is 2.28. The van der Waals surface area contributed by atoms with Crippen LogP contribution in [0.4, 0.5) is 0 Å². The minimum atomic E-state index is -0.128. The van der Waals surface area contributed by atoms with Crippen molar-refractivity contribution in [2.75, 3.05) is 20.2 Å². The highest BCUT2D eigenvalue weighted by atomic mass is 35.5. The van der Waals surface area contributed by atoms with Gasteiger partial charge >= 0.3 is 5.69 Å². The highest BCUT2D eigenvalue weighted by molar-refractivity contribution is 6.32. The lowest BCUT2D eigenvalue weighted by molar-refractivity contribution is -0.119. The molecule has 0 spiro atoms. The van der Waals surface area contributed by atoms with Crippen molar-refractivity contribution >= 4 is 29.0 Å². The molecule has 2 aromatic carbocycles. The fourth-order valence-electron chi connectivity index (χ4n) is 4.09. The summed E-state index contributed by atoms with van der Waals surface area (Å²) in [7, 11) is 1.55. The Bertz CT molecular complexity index is 1200. The largest absolute Gasteiger partial charge is 0.495 e. The molecule has 1 aliphatic heterocycles. The van der Waals surface area contributed by atoms with Gasteiger partial charge < -0.3 is 9.64 Å². The Morgan fingerprint density at radius 2 is 1.97 bits per heavy atom. The number of benzene rings is 2. The van der Waals surface area contributed by atoms with Crippen molar-refractivity contribution in [1.82, 2.24) is 14.0 Å². The predicted molar refractivity (Wildman–Crippen MR) is 114 cm³/mol. The van der Waals surface area contributed by atoms with Crippen molar-refractivity contribution in [2.45, 2.75) is 25.4 Å². The van der Waals surface area contributed by atoms with Gasteiger partial charge in [-0.3, -0.25) is 13.9 Å². The second kappa shape index (κ2) is 8.25. The van der Waals surface area contributed by atoms with Crippen molar-refractivity contribution < 1.29 is 9.53 Å². The lowest BCUT2D eigenvalue weighted by atomic mass is 10.0. The van der Waals surface area contributed by atoms with E-state index < -0.39 is 0 Å². The molecule has 8 heteroatoms. The minimum Gasteiger partial charge on any atom is -0.495 e. The summed E-state index contributed by atoms with van der Waals surface area (Å²) in [5, 5.41) is 9.82. The van der Waals surface area contributed by atoms with Crippen LogP contribution in [-0.2, 0) is 11.3 Å². The third-order valence-corrected chi connectivity index (χ3v) is 5.96. The van der Waals surface area contributed by atoms with Gasteiger partial charge in [-0.1, -0.05) is 17.7 Å². The molecular weight excluding hydrogens is 404 g/mol. The number of carbonyl (C=O) groups is 1. The minimum absolute atomic E-state index is 0.00448. The van der Waals surface area contributed by atoms with Gasteiger partial charge in [0.1, 0.15) is 5.75 Å². The van der Waals surface area contributed by atoms with Gasteiger partial charge in [-0.05, 0) is 48.7 Å². The quantitative estimate of drug-likeness (QED) is 0.589. The topological polar surface area (TPSA) is 80.3 Å². The first-order chi connectivity index (χ1) is 14.5. The Balaban J connectivity index is 1.80. The molecule has 1 aromatic heterocycles. The molecule has 0 atom stereocenters. The standard InChI is InChI=1S/C22H21ClN4O3/c1-30-21-5-3-16(10-18(21)23)13-26-20-11-15(12-24)2-4-19(20)27(22(26)29)17-6-8-25(14-28)9-7-17/h2-5,10-11,14,17H,6-9,13H2,1H3. The Kier molecular flexibility index (Phi) is 5.51. The van der Waals surface area contributed by atoms with Crippen molar-refractivity contribution in [3.63, 3.8) is 0 Å². The Hall–Kier alpha value is -3.24. The summed E-state index contributed by atoms with van der Waals surface area (Å²) in [5.74, 6) is 0.573. The monoisotopic (exact) mass is 424 g/mol. The third-order valence-electron chi connectivity index (χ3n) is 5.66. The Labute approximate surface area is 178 Å². The average Bonchev–Trinajstić information content (AvgIpc) is 3.04. The van der Waals surface area contributed by atoms with Gasteiger partial charge in [-0.15, -0.1) is 0 Å². The summed E-state index contributed by atoms with van der Waals surface area (Å²) >= 11 is 6.26. The maximum atomic E-state index is 13.5. The molecule has 4 rings (SSSR count). The number of aromatic nitrogens is 2. The lowest BCUT2D eigenvalue weighted by Crippen LogP contribution is -2.37. The second-order valence-electron chi connectivity index (χ2n) is 7.40. The molecule has 0 N–H and O–H groups in total. The van der Waals surface area contributed by atoms with Gasteiger partial charge in [0, 0.05) is 19.1 Å². The van der Waals surface area contributed by atoms with Crippen molar-refractivity contribution in [2.24, 2.45) is 0 Å². The smallest absolute Gasteiger partial charge is 0.329 e. The molecule has 0 unspecified atom stereocenters. The number of fused-ring (bicyclic) bond motifs is 1. The van der Waals surface area contributed by atoms with E-state index in [1.807, 2.05) is 16.7 Å². The molecule has 1 amide bonds. The zero-order valence-electron chi connectivity index (χ0n) is 16.5. The van der Waals surface area contributed by atoms with Gasteiger partial charge in [0.25, 0.3) is 0 Å². The molecule has 0 saturated carbocycles. The van der Waals surface area contributed by atoms with Crippen LogP contribution in [0.5, 0.6) is 5.75 Å². The first-order valence-electron chi connectivity index (χ1n) is 9.72. The van der Waals surface area contributed by atoms with Crippen LogP contribution < -0.4 is 10.4 Å². The molecule has 2 heterocycles. The van der Waals surface area contributed by atoms with E-state index >= 15 is 0 Å². The number of carbonyl (C=O) groups excluding carboxylic acids is 1. The van der Waals surface area contributed by atoms with Gasteiger partial charge in [-0.25, -0.2) is 4.79 Å². The number of methoxy groups -OCH3 is 1. The van der Waals surface area contributed by atoms with Crippen LogP contribution >= 0.6 is 11.6 Å². The first-order valence-corrected chi connectivity index (χ1v) is 10.1. The van der Waals surface area contributed by atoms with Crippen LogP contribution in [0.25, 0.3) is 11.0 Å². The Morgan fingerprint density at radius 1 is 1.20 bits per heavy atom. The SMILES string of the molecule is COc1ccc(Cn2c(=O)n(C3CCN(C=O)CC3)c3ccc(C#N)cc32)cc1Cl. The van der Waals surface area contributed by atoms with Crippen LogP contribution in [-0.4, -0.2) is 40.6 Å². The molecule has 1 aliphatic rings. The van der Waals surface area contributed by atoms with E-state index in [1.165, 1.54) is 0 Å². The summed E-state index contributed by atoms with van der Waals surface area (Å²) in [6.07, 6.45) is 2.28. The summed E-state index contributed by atoms with van der Waals surface area (Å²) in [6, 6.07) is 12.9. The number of hydrogen-bond acceptors (Lipinski definition) is 4. The summed E-state index contributed by atoms with van der Waals surface area (Å²) in [6.45, 7) is 1.57. The van der Waals surface area contributed by atoms with Crippen LogP contribution in [0.1, 0.15) is 30.0 Å². The molecule has 1 fully saturated rings. The summed E-state index contributed by atoms with van der Waals surface area (Å²) < 4.78 is 8.70. The van der Waals surface area contributed by atoms with Crippen molar-refractivity contribution in [3.05, 3.63) is 63.0 Å². The molecule has 3 aromatic rings. The number of imidazole rings is 1. The predicted octanol–water partition coefficient (Wildman–Crippen LogP) is 3.18. The van der Waals surface area contributed by atoms with E-state index in [2.05, 4.69) is 6.07 Å². The number of amides is 1. The number of likely N-dealkylation sites (tertiary alicyclic amines) is 1. The molecule has 0 bridgehead atoms. The van der Waals surface area contributed by atoms with Gasteiger partial charge in [-0.2, -0.15) is 5.26 Å². The number of nitriles is 1. The van der Waals surface area contributed by atoms with Crippen molar-refractivity contribution in [3.8, 4) is 11.8 Å². The summed E-state index contributed by atoms with van der Waals surface area (Å²) in [5.41, 5.74) is 2.74. The molecule has 0 aliphatic carbocycles. The fraction of sp³-hybridized carbons (Fsp3) is 0.318. The van der Waals surface area contributed by atoms with E-state index in [4.69, 9.17) is 16.3 Å². The molecule has 7 nitrogen and oxygen atoms in total. The van der Waals surface area contributed by atoms with E-state index in [-0.39, 0.29) is 11.7 Å². The van der Waals surface area contributed by atoms with Crippen molar-refractivity contribution in [1.29, 1.82) is 5.26 Å². The maximum absolute atomic E-state index is 13.5. The number of piperidine rings is 1. The zero-order chi connectivity index (χ0) is 21.3. The molecule has 154 valence electrons. The number of hydrogen-bond donors (Lipinski definition) is 0. The van der Waals surface area contributed by atoms with E-state index in [1.54, 1.807) is 40.8 Å². The van der Waals surface area contributed by atoms with Crippen LogP contribution in [0.3, 0.4) is 0 Å². The number of rotatable bonds is 5. The molecule has 0 radical (unpaired) electrons. The first kappa shape index (κ1) is 20.0. The normalized spacial score (nSPS) is 14.6. The number of ether oxygens (including phenoxy) is 1. The number of nitrogens with zero attached hydrogens (tertiary/aromatic N) is 4. The molecular formula is C22H21ClN4O3. The Morgan fingerprint density at radius 3 is 2.60 bits per heavy atom. The van der Waals surface area contributed by atoms with E-state index in [0.717, 1.165) is 17.5 Å². The van der Waals surface area contributed by atoms with E-state index in [0.29, 0.717) is 54.3 Å². The number of halogens is 1. The summed E-state index contributed by atoms with van der Waals surface area (Å²) in [4.78, 5) is 26.2. The average molecular weight is 425 g/mol. The van der Waals surface area contributed by atoms with Gasteiger partial charge in [0.15, 0.2) is 0 Å². The highest BCUT2D eigenvalue weighted by Gasteiger charge is 2.25. The maximum Gasteiger partial charge on any atom is 0.329 e. The molecule has 30 heavy (non-hydrogen) atoms. The second-order valence-corrected chi connectivity index (χ2v) is 7.80. The van der Waals surface area contributed by atoms with E-state index in [9.17, 15) is 14.9 Å².